The number of hydrogen-bond acceptors (Lipinski definition) is 0. The average Bonchev–Trinajstić information content (AvgIpc) is 2.78. The molecule has 3 aromatic rings. The number of aryl methyl sites for hydroxylation is 2. The van der Waals surface area contributed by atoms with Gasteiger partial charge in [-0.3, -0.25) is 0 Å². The summed E-state index contributed by atoms with van der Waals surface area (Å²) in [5.74, 6) is 0. The van der Waals surface area contributed by atoms with Crippen molar-refractivity contribution in [3.8, 4) is 0 Å². The monoisotopic (exact) mass is 398 g/mol. The molecule has 0 unspecified atom stereocenters. The van der Waals surface area contributed by atoms with Gasteiger partial charge in [-0.05, 0) is 86.1 Å². The third kappa shape index (κ3) is 4.76. The number of hydrogen-bond donors (Lipinski definition) is 0. The van der Waals surface area contributed by atoms with Crippen LogP contribution in [0.25, 0.3) is 24.3 Å². The maximum Gasteiger partial charge on any atom is 0.169 e. The molecule has 0 spiro atoms. The first-order chi connectivity index (χ1) is 14.4. The van der Waals surface area contributed by atoms with Gasteiger partial charge in [0.25, 0.3) is 0 Å². The van der Waals surface area contributed by atoms with E-state index in [1.54, 1.807) is 0 Å². The summed E-state index contributed by atoms with van der Waals surface area (Å²) in [7, 11) is 0. The standard InChI is InChI=1S/C28H34N2/c1-7-29-17-13-25(14-18-29)9-11-27-21(3)23(5)28(24(6)22(27)4)12-10-26-15-19-30(8-2)20-16-26/h9-20H,7-8H2,1-6H3/q+2. The lowest BCUT2D eigenvalue weighted by Crippen LogP contribution is -2.30. The molecule has 2 aromatic heterocycles. The summed E-state index contributed by atoms with van der Waals surface area (Å²) in [6.07, 6.45) is 17.5. The molecule has 0 bridgehead atoms. The van der Waals surface area contributed by atoms with Gasteiger partial charge in [0.1, 0.15) is 13.1 Å². The van der Waals surface area contributed by atoms with Crippen LogP contribution in [0.1, 0.15) is 58.4 Å². The van der Waals surface area contributed by atoms with E-state index in [2.05, 4.69) is 124 Å². The quantitative estimate of drug-likeness (QED) is 0.458. The summed E-state index contributed by atoms with van der Waals surface area (Å²) in [6.45, 7) is 15.3. The minimum absolute atomic E-state index is 0.997. The molecule has 3 rings (SSSR count). The van der Waals surface area contributed by atoms with Crippen LogP contribution in [0.15, 0.2) is 49.1 Å². The Labute approximate surface area is 181 Å². The molecule has 154 valence electrons. The molecular weight excluding hydrogens is 364 g/mol. The number of pyridine rings is 2. The Morgan fingerprint density at radius 3 is 1.10 bits per heavy atom. The molecule has 0 aliphatic heterocycles. The number of nitrogens with zero attached hydrogens (tertiary/aromatic N) is 2. The first kappa shape index (κ1) is 21.7. The van der Waals surface area contributed by atoms with Gasteiger partial charge in [-0.2, -0.15) is 0 Å². The summed E-state index contributed by atoms with van der Waals surface area (Å²) in [4.78, 5) is 0. The lowest BCUT2D eigenvalue weighted by atomic mass is 9.88. The van der Waals surface area contributed by atoms with Crippen molar-refractivity contribution in [2.75, 3.05) is 0 Å². The Balaban J connectivity index is 1.92. The highest BCUT2D eigenvalue weighted by atomic mass is 14.9. The molecule has 0 fully saturated rings. The highest BCUT2D eigenvalue weighted by Gasteiger charge is 2.11. The van der Waals surface area contributed by atoms with Crippen molar-refractivity contribution in [2.45, 2.75) is 54.6 Å². The van der Waals surface area contributed by atoms with Crippen LogP contribution in [0.5, 0.6) is 0 Å². The van der Waals surface area contributed by atoms with Crippen LogP contribution in [0, 0.1) is 27.7 Å². The third-order valence-corrected chi connectivity index (χ3v) is 6.19. The molecule has 2 heteroatoms. The summed E-state index contributed by atoms with van der Waals surface area (Å²) >= 11 is 0. The molecule has 2 nitrogen and oxygen atoms in total. The van der Waals surface area contributed by atoms with Crippen LogP contribution in [0.4, 0.5) is 0 Å². The van der Waals surface area contributed by atoms with E-state index < -0.39 is 0 Å². The Kier molecular flexibility index (Phi) is 6.99. The molecule has 0 aliphatic carbocycles. The predicted molar refractivity (Wildman–Crippen MR) is 128 cm³/mol. The minimum atomic E-state index is 0.997. The zero-order valence-electron chi connectivity index (χ0n) is 19.2. The zero-order chi connectivity index (χ0) is 21.7. The van der Waals surface area contributed by atoms with Crippen molar-refractivity contribution in [3.63, 3.8) is 0 Å². The van der Waals surface area contributed by atoms with Gasteiger partial charge < -0.3 is 0 Å². The van der Waals surface area contributed by atoms with Gasteiger partial charge in [-0.15, -0.1) is 0 Å². The number of rotatable bonds is 6. The molecule has 0 atom stereocenters. The Morgan fingerprint density at radius 1 is 0.533 bits per heavy atom. The van der Waals surface area contributed by atoms with E-state index in [-0.39, 0.29) is 0 Å². The molecule has 0 saturated carbocycles. The van der Waals surface area contributed by atoms with E-state index in [1.165, 1.54) is 44.5 Å². The molecular formula is C28H34N2+2. The van der Waals surface area contributed by atoms with Gasteiger partial charge in [0, 0.05) is 24.3 Å². The Morgan fingerprint density at radius 2 is 0.833 bits per heavy atom. The maximum atomic E-state index is 2.27. The van der Waals surface area contributed by atoms with Crippen LogP contribution in [0.2, 0.25) is 0 Å². The first-order valence-electron chi connectivity index (χ1n) is 10.9. The molecule has 0 amide bonds. The van der Waals surface area contributed by atoms with Crippen molar-refractivity contribution in [2.24, 2.45) is 0 Å². The fourth-order valence-corrected chi connectivity index (χ4v) is 3.81. The molecule has 2 heterocycles. The van der Waals surface area contributed by atoms with Crippen LogP contribution in [0.3, 0.4) is 0 Å². The molecule has 1 aromatic carbocycles. The van der Waals surface area contributed by atoms with Crippen molar-refractivity contribution in [3.05, 3.63) is 93.6 Å². The minimum Gasteiger partial charge on any atom is -0.205 e. The van der Waals surface area contributed by atoms with E-state index >= 15 is 0 Å². The van der Waals surface area contributed by atoms with E-state index in [4.69, 9.17) is 0 Å². The highest BCUT2D eigenvalue weighted by Crippen LogP contribution is 2.29. The largest absolute Gasteiger partial charge is 0.205 e. The van der Waals surface area contributed by atoms with Crippen molar-refractivity contribution >= 4 is 24.3 Å². The van der Waals surface area contributed by atoms with Gasteiger partial charge >= 0.3 is 0 Å². The smallest absolute Gasteiger partial charge is 0.169 e. The summed E-state index contributed by atoms with van der Waals surface area (Å²) in [5, 5.41) is 0. The average molecular weight is 399 g/mol. The summed E-state index contributed by atoms with van der Waals surface area (Å²) < 4.78 is 4.36. The Bertz CT molecular complexity index is 952. The van der Waals surface area contributed by atoms with E-state index in [0.717, 1.165) is 13.1 Å². The molecule has 0 aliphatic rings. The van der Waals surface area contributed by atoms with Gasteiger partial charge in [0.2, 0.25) is 0 Å². The second kappa shape index (κ2) is 9.67. The van der Waals surface area contributed by atoms with Crippen molar-refractivity contribution in [1.29, 1.82) is 0 Å². The van der Waals surface area contributed by atoms with Crippen molar-refractivity contribution in [1.82, 2.24) is 0 Å². The molecule has 30 heavy (non-hydrogen) atoms. The highest BCUT2D eigenvalue weighted by molar-refractivity contribution is 5.79. The fourth-order valence-electron chi connectivity index (χ4n) is 3.81. The molecule has 0 saturated heterocycles. The zero-order valence-corrected chi connectivity index (χ0v) is 19.2. The van der Waals surface area contributed by atoms with Crippen LogP contribution >= 0.6 is 0 Å². The lowest BCUT2D eigenvalue weighted by Gasteiger charge is -2.17. The SMILES string of the molecule is CC[n+]1ccc(C=Cc2c(C)c(C)c(C=Cc3cc[n+](CC)cc3)c(C)c2C)cc1. The van der Waals surface area contributed by atoms with Crippen LogP contribution < -0.4 is 9.13 Å². The predicted octanol–water partition coefficient (Wildman–Crippen LogP) is 5.88. The van der Waals surface area contributed by atoms with Crippen LogP contribution in [-0.2, 0) is 13.1 Å². The van der Waals surface area contributed by atoms with Gasteiger partial charge in [0.15, 0.2) is 24.8 Å². The van der Waals surface area contributed by atoms with Crippen molar-refractivity contribution < 1.29 is 9.13 Å². The summed E-state index contributed by atoms with van der Waals surface area (Å²) in [6, 6.07) is 8.68. The fraction of sp³-hybridized carbons (Fsp3) is 0.286. The van der Waals surface area contributed by atoms with E-state index in [0.29, 0.717) is 0 Å². The first-order valence-corrected chi connectivity index (χ1v) is 10.9. The van der Waals surface area contributed by atoms with Gasteiger partial charge in [0.05, 0.1) is 0 Å². The second-order valence-electron chi connectivity index (χ2n) is 7.92. The molecule has 0 N–H and O–H groups in total. The maximum absolute atomic E-state index is 2.27. The lowest BCUT2D eigenvalue weighted by molar-refractivity contribution is -0.693. The normalized spacial score (nSPS) is 11.7. The third-order valence-electron chi connectivity index (χ3n) is 6.19. The number of aromatic nitrogens is 2. The van der Waals surface area contributed by atoms with E-state index in [1.807, 2.05) is 0 Å². The Hall–Kier alpha value is -3.00. The van der Waals surface area contributed by atoms with Gasteiger partial charge in [-0.1, -0.05) is 24.3 Å². The van der Waals surface area contributed by atoms with E-state index in [9.17, 15) is 0 Å². The van der Waals surface area contributed by atoms with Crippen LogP contribution in [-0.4, -0.2) is 0 Å². The second-order valence-corrected chi connectivity index (χ2v) is 7.92. The summed E-state index contributed by atoms with van der Waals surface area (Å²) in [5.41, 5.74) is 10.5. The number of benzene rings is 1. The van der Waals surface area contributed by atoms with Gasteiger partial charge in [-0.25, -0.2) is 9.13 Å². The molecule has 0 radical (unpaired) electrons. The topological polar surface area (TPSA) is 7.76 Å².